The van der Waals surface area contributed by atoms with Gasteiger partial charge in [-0.3, -0.25) is 0 Å². The standard InChI is InChI=1S/C11H11F2N3O/c1-11(17,5-16-7-14-6-15-16)9-3-2-8(12)4-10(9)13/h2-4,6-7,17H,5H2,1H3/t11-/m0/s1. The van der Waals surface area contributed by atoms with Crippen molar-refractivity contribution in [3.8, 4) is 0 Å². The summed E-state index contributed by atoms with van der Waals surface area (Å²) in [7, 11) is 0. The van der Waals surface area contributed by atoms with Crippen LogP contribution in [0.4, 0.5) is 8.78 Å². The monoisotopic (exact) mass is 239 g/mol. The average molecular weight is 239 g/mol. The molecule has 0 unspecified atom stereocenters. The molecule has 0 aliphatic heterocycles. The van der Waals surface area contributed by atoms with Crippen molar-refractivity contribution in [3.05, 3.63) is 48.1 Å². The van der Waals surface area contributed by atoms with E-state index >= 15 is 0 Å². The fraction of sp³-hybridized carbons (Fsp3) is 0.273. The first-order valence-corrected chi connectivity index (χ1v) is 4.99. The lowest BCUT2D eigenvalue weighted by Crippen LogP contribution is -2.29. The van der Waals surface area contributed by atoms with Crippen molar-refractivity contribution < 1.29 is 13.9 Å². The number of halogens is 2. The van der Waals surface area contributed by atoms with E-state index in [0.717, 1.165) is 12.1 Å². The highest BCUT2D eigenvalue weighted by Gasteiger charge is 2.27. The summed E-state index contributed by atoms with van der Waals surface area (Å²) in [5.74, 6) is -1.46. The van der Waals surface area contributed by atoms with E-state index in [1.165, 1.54) is 30.3 Å². The normalized spacial score (nSPS) is 14.6. The summed E-state index contributed by atoms with van der Waals surface area (Å²) in [6.07, 6.45) is 2.73. The molecule has 2 aromatic rings. The van der Waals surface area contributed by atoms with Crippen LogP contribution in [0.1, 0.15) is 12.5 Å². The van der Waals surface area contributed by atoms with Crippen molar-refractivity contribution in [1.29, 1.82) is 0 Å². The first kappa shape index (κ1) is 11.7. The Hall–Kier alpha value is -1.82. The Morgan fingerprint density at radius 2 is 2.18 bits per heavy atom. The van der Waals surface area contributed by atoms with Crippen LogP contribution in [0.5, 0.6) is 0 Å². The zero-order chi connectivity index (χ0) is 12.5. The van der Waals surface area contributed by atoms with Crippen molar-refractivity contribution in [1.82, 2.24) is 14.8 Å². The Bertz CT molecular complexity index is 511. The fourth-order valence-corrected chi connectivity index (χ4v) is 1.64. The first-order valence-electron chi connectivity index (χ1n) is 4.99. The van der Waals surface area contributed by atoms with Crippen LogP contribution in [0, 0.1) is 11.6 Å². The number of nitrogens with zero attached hydrogens (tertiary/aromatic N) is 3. The molecule has 4 nitrogen and oxygen atoms in total. The highest BCUT2D eigenvalue weighted by molar-refractivity contribution is 5.24. The molecule has 0 bridgehead atoms. The van der Waals surface area contributed by atoms with Gasteiger partial charge in [-0.1, -0.05) is 6.07 Å². The molecule has 2 rings (SSSR count). The quantitative estimate of drug-likeness (QED) is 0.882. The molecule has 6 heteroatoms. The third kappa shape index (κ3) is 2.47. The molecule has 1 N–H and O–H groups in total. The van der Waals surface area contributed by atoms with Crippen LogP contribution >= 0.6 is 0 Å². The van der Waals surface area contributed by atoms with Crippen LogP contribution in [0.2, 0.25) is 0 Å². The molecule has 0 amide bonds. The van der Waals surface area contributed by atoms with Crippen LogP contribution in [-0.4, -0.2) is 19.9 Å². The summed E-state index contributed by atoms with van der Waals surface area (Å²) in [6.45, 7) is 1.47. The number of hydrogen-bond donors (Lipinski definition) is 1. The van der Waals surface area contributed by atoms with Crippen LogP contribution in [0.25, 0.3) is 0 Å². The maximum absolute atomic E-state index is 13.5. The molecule has 0 saturated carbocycles. The van der Waals surface area contributed by atoms with E-state index < -0.39 is 17.2 Å². The zero-order valence-electron chi connectivity index (χ0n) is 9.14. The summed E-state index contributed by atoms with van der Waals surface area (Å²) in [4.78, 5) is 3.72. The van der Waals surface area contributed by atoms with E-state index in [-0.39, 0.29) is 12.1 Å². The molecule has 0 saturated heterocycles. The summed E-state index contributed by atoms with van der Waals surface area (Å²) in [5.41, 5.74) is -1.46. The number of rotatable bonds is 3. The lowest BCUT2D eigenvalue weighted by molar-refractivity contribution is 0.0309. The minimum Gasteiger partial charge on any atom is -0.383 e. The van der Waals surface area contributed by atoms with Gasteiger partial charge in [0.1, 0.15) is 29.9 Å². The van der Waals surface area contributed by atoms with E-state index in [4.69, 9.17) is 0 Å². The van der Waals surface area contributed by atoms with Crippen molar-refractivity contribution in [3.63, 3.8) is 0 Å². The van der Waals surface area contributed by atoms with E-state index in [2.05, 4.69) is 10.1 Å². The molecule has 1 atom stereocenters. The molecular weight excluding hydrogens is 228 g/mol. The second-order valence-electron chi connectivity index (χ2n) is 3.99. The first-order chi connectivity index (χ1) is 7.99. The number of aliphatic hydroxyl groups is 1. The lowest BCUT2D eigenvalue weighted by atomic mass is 9.95. The van der Waals surface area contributed by atoms with E-state index in [0.29, 0.717) is 0 Å². The van der Waals surface area contributed by atoms with Gasteiger partial charge in [-0.15, -0.1) is 0 Å². The van der Waals surface area contributed by atoms with Crippen molar-refractivity contribution in [2.75, 3.05) is 0 Å². The SMILES string of the molecule is C[C@](O)(Cn1cncn1)c1ccc(F)cc1F. The highest BCUT2D eigenvalue weighted by Crippen LogP contribution is 2.25. The van der Waals surface area contributed by atoms with Gasteiger partial charge in [0.15, 0.2) is 0 Å². The maximum atomic E-state index is 13.5. The molecule has 0 fully saturated rings. The largest absolute Gasteiger partial charge is 0.383 e. The molecule has 1 aromatic heterocycles. The average Bonchev–Trinajstić information content (AvgIpc) is 2.68. The summed E-state index contributed by atoms with van der Waals surface area (Å²) < 4.78 is 27.7. The van der Waals surface area contributed by atoms with Gasteiger partial charge in [0.2, 0.25) is 0 Å². The lowest BCUT2D eigenvalue weighted by Gasteiger charge is -2.23. The van der Waals surface area contributed by atoms with Gasteiger partial charge in [-0.25, -0.2) is 18.4 Å². The molecule has 0 radical (unpaired) electrons. The maximum Gasteiger partial charge on any atom is 0.137 e. The molecule has 1 heterocycles. The molecule has 90 valence electrons. The molecule has 1 aromatic carbocycles. The minimum atomic E-state index is -1.48. The number of aromatic nitrogens is 3. The Balaban J connectivity index is 2.30. The predicted molar refractivity (Wildman–Crippen MR) is 56.0 cm³/mol. The Kier molecular flexibility index (Phi) is 2.89. The smallest absolute Gasteiger partial charge is 0.137 e. The van der Waals surface area contributed by atoms with Crippen molar-refractivity contribution in [2.45, 2.75) is 19.1 Å². The summed E-state index contributed by atoms with van der Waals surface area (Å²) in [6, 6.07) is 3.07. The molecule has 0 spiro atoms. The Morgan fingerprint density at radius 3 is 2.76 bits per heavy atom. The molecule has 17 heavy (non-hydrogen) atoms. The summed E-state index contributed by atoms with van der Waals surface area (Å²) in [5, 5.41) is 14.0. The Morgan fingerprint density at radius 1 is 1.41 bits per heavy atom. The van der Waals surface area contributed by atoms with Crippen LogP contribution in [-0.2, 0) is 12.1 Å². The zero-order valence-corrected chi connectivity index (χ0v) is 9.14. The fourth-order valence-electron chi connectivity index (χ4n) is 1.64. The third-order valence-electron chi connectivity index (χ3n) is 2.45. The predicted octanol–water partition coefficient (Wildman–Crippen LogP) is 1.46. The van der Waals surface area contributed by atoms with Gasteiger partial charge in [0.25, 0.3) is 0 Å². The topological polar surface area (TPSA) is 50.9 Å². The van der Waals surface area contributed by atoms with E-state index in [9.17, 15) is 13.9 Å². The van der Waals surface area contributed by atoms with Gasteiger partial charge in [-0.05, 0) is 13.0 Å². The number of hydrogen-bond acceptors (Lipinski definition) is 3. The Labute approximate surface area is 96.5 Å². The second-order valence-corrected chi connectivity index (χ2v) is 3.99. The molecular formula is C11H11F2N3O. The summed E-state index contributed by atoms with van der Waals surface area (Å²) >= 11 is 0. The molecule has 0 aliphatic rings. The van der Waals surface area contributed by atoms with E-state index in [1.54, 1.807) is 0 Å². The highest BCUT2D eigenvalue weighted by atomic mass is 19.1. The number of benzene rings is 1. The van der Waals surface area contributed by atoms with Crippen LogP contribution < -0.4 is 0 Å². The molecule has 0 aliphatic carbocycles. The van der Waals surface area contributed by atoms with Gasteiger partial charge in [0.05, 0.1) is 6.54 Å². The van der Waals surface area contributed by atoms with Crippen molar-refractivity contribution >= 4 is 0 Å². The van der Waals surface area contributed by atoms with Gasteiger partial charge in [0, 0.05) is 11.6 Å². The van der Waals surface area contributed by atoms with Gasteiger partial charge >= 0.3 is 0 Å². The van der Waals surface area contributed by atoms with Gasteiger partial charge < -0.3 is 5.11 Å². The van der Waals surface area contributed by atoms with Crippen LogP contribution in [0.3, 0.4) is 0 Å². The van der Waals surface area contributed by atoms with Crippen LogP contribution in [0.15, 0.2) is 30.9 Å². The van der Waals surface area contributed by atoms with Crippen molar-refractivity contribution in [2.24, 2.45) is 0 Å². The minimum absolute atomic E-state index is 0.0226. The van der Waals surface area contributed by atoms with Gasteiger partial charge in [-0.2, -0.15) is 5.10 Å². The third-order valence-corrected chi connectivity index (χ3v) is 2.45. The van der Waals surface area contributed by atoms with E-state index in [1.807, 2.05) is 0 Å². The second kappa shape index (κ2) is 4.21.